The van der Waals surface area contributed by atoms with Gasteiger partial charge in [0, 0.05) is 24.9 Å². The molecule has 1 aliphatic heterocycles. The van der Waals surface area contributed by atoms with Crippen molar-refractivity contribution in [3.63, 3.8) is 0 Å². The third-order valence-electron chi connectivity index (χ3n) is 3.24. The number of ether oxygens (including phenoxy) is 1. The van der Waals surface area contributed by atoms with Crippen molar-refractivity contribution < 1.29 is 9.53 Å². The van der Waals surface area contributed by atoms with E-state index in [2.05, 4.69) is 10.6 Å². The van der Waals surface area contributed by atoms with Crippen LogP contribution in [0.5, 0.6) is 0 Å². The highest BCUT2D eigenvalue weighted by Crippen LogP contribution is 2.18. The number of carbonyl (C=O) groups excluding carboxylic acids is 1. The van der Waals surface area contributed by atoms with Crippen molar-refractivity contribution in [2.24, 2.45) is 5.92 Å². The first-order valence-corrected chi connectivity index (χ1v) is 6.39. The predicted molar refractivity (Wildman–Crippen MR) is 78.6 cm³/mol. The summed E-state index contributed by atoms with van der Waals surface area (Å²) in [5, 5.41) is 6.26. The Labute approximate surface area is 120 Å². The van der Waals surface area contributed by atoms with E-state index in [4.69, 9.17) is 4.74 Å². The van der Waals surface area contributed by atoms with Gasteiger partial charge < -0.3 is 15.4 Å². The average molecular weight is 285 g/mol. The lowest BCUT2D eigenvalue weighted by Crippen LogP contribution is -2.37. The van der Waals surface area contributed by atoms with E-state index in [-0.39, 0.29) is 24.2 Å². The summed E-state index contributed by atoms with van der Waals surface area (Å²) < 4.78 is 5.13. The van der Waals surface area contributed by atoms with Gasteiger partial charge in [-0.3, -0.25) is 4.79 Å². The second-order valence-corrected chi connectivity index (χ2v) is 4.62. The van der Waals surface area contributed by atoms with Crippen LogP contribution in [0.25, 0.3) is 0 Å². The lowest BCUT2D eigenvalue weighted by Gasteiger charge is -2.22. The van der Waals surface area contributed by atoms with Gasteiger partial charge >= 0.3 is 0 Å². The molecule has 0 aromatic heterocycles. The number of methoxy groups -OCH3 is 1. The Hall–Kier alpha value is -1.10. The van der Waals surface area contributed by atoms with Crippen LogP contribution in [0.15, 0.2) is 24.3 Å². The third-order valence-corrected chi connectivity index (χ3v) is 3.24. The molecule has 1 atom stereocenters. The van der Waals surface area contributed by atoms with Crippen molar-refractivity contribution in [3.05, 3.63) is 29.8 Å². The molecule has 0 saturated carbocycles. The molecular formula is C14H21ClN2O2. The summed E-state index contributed by atoms with van der Waals surface area (Å²) in [6.07, 6.45) is 2.03. The van der Waals surface area contributed by atoms with Crippen LogP contribution in [0.1, 0.15) is 18.4 Å². The molecule has 0 radical (unpaired) electrons. The molecule has 1 aromatic carbocycles. The summed E-state index contributed by atoms with van der Waals surface area (Å²) in [6, 6.07) is 7.76. The van der Waals surface area contributed by atoms with Crippen LogP contribution in [0.3, 0.4) is 0 Å². The van der Waals surface area contributed by atoms with E-state index in [1.165, 1.54) is 0 Å². The van der Waals surface area contributed by atoms with Gasteiger partial charge in [-0.05, 0) is 25.5 Å². The molecule has 1 aliphatic rings. The molecule has 106 valence electrons. The van der Waals surface area contributed by atoms with Gasteiger partial charge in [-0.15, -0.1) is 12.4 Å². The van der Waals surface area contributed by atoms with Gasteiger partial charge in [0.2, 0.25) is 5.91 Å². The minimum absolute atomic E-state index is 0. The second-order valence-electron chi connectivity index (χ2n) is 4.62. The number of hydrogen-bond acceptors (Lipinski definition) is 3. The average Bonchev–Trinajstić information content (AvgIpc) is 2.42. The van der Waals surface area contributed by atoms with Gasteiger partial charge in [0.15, 0.2) is 0 Å². The number of anilines is 1. The number of para-hydroxylation sites is 1. The maximum atomic E-state index is 12.1. The van der Waals surface area contributed by atoms with Gasteiger partial charge in [-0.2, -0.15) is 0 Å². The lowest BCUT2D eigenvalue weighted by molar-refractivity contribution is -0.120. The highest BCUT2D eigenvalue weighted by atomic mass is 35.5. The third kappa shape index (κ3) is 4.49. The molecule has 5 heteroatoms. The molecule has 1 unspecified atom stereocenters. The first-order valence-electron chi connectivity index (χ1n) is 6.39. The number of rotatable bonds is 4. The quantitative estimate of drug-likeness (QED) is 0.891. The van der Waals surface area contributed by atoms with E-state index in [1.807, 2.05) is 24.3 Å². The largest absolute Gasteiger partial charge is 0.380 e. The summed E-state index contributed by atoms with van der Waals surface area (Å²) in [7, 11) is 1.66. The zero-order chi connectivity index (χ0) is 12.8. The molecule has 1 fully saturated rings. The Balaban J connectivity index is 0.00000180. The molecule has 1 saturated heterocycles. The Morgan fingerprint density at radius 2 is 2.26 bits per heavy atom. The first-order chi connectivity index (χ1) is 8.81. The summed E-state index contributed by atoms with van der Waals surface area (Å²) in [5.74, 6) is 0.181. The summed E-state index contributed by atoms with van der Waals surface area (Å²) in [4.78, 5) is 12.1. The Morgan fingerprint density at radius 1 is 1.47 bits per heavy atom. The smallest absolute Gasteiger partial charge is 0.228 e. The molecule has 0 aliphatic carbocycles. The highest BCUT2D eigenvalue weighted by Gasteiger charge is 2.21. The zero-order valence-electron chi connectivity index (χ0n) is 11.1. The Kier molecular flexibility index (Phi) is 6.84. The van der Waals surface area contributed by atoms with Crippen LogP contribution in [-0.2, 0) is 16.1 Å². The normalized spacial score (nSPS) is 18.5. The van der Waals surface area contributed by atoms with Crippen LogP contribution in [0, 0.1) is 5.92 Å². The first kappa shape index (κ1) is 16.0. The lowest BCUT2D eigenvalue weighted by atomic mass is 9.98. The number of halogens is 1. The summed E-state index contributed by atoms with van der Waals surface area (Å²) in [6.45, 7) is 2.31. The van der Waals surface area contributed by atoms with Crippen LogP contribution < -0.4 is 10.6 Å². The molecule has 19 heavy (non-hydrogen) atoms. The van der Waals surface area contributed by atoms with Crippen molar-refractivity contribution in [1.82, 2.24) is 5.32 Å². The van der Waals surface area contributed by atoms with Crippen molar-refractivity contribution in [1.29, 1.82) is 0 Å². The van der Waals surface area contributed by atoms with Crippen molar-refractivity contribution in [2.75, 3.05) is 25.5 Å². The predicted octanol–water partition coefficient (Wildman–Crippen LogP) is 2.19. The maximum Gasteiger partial charge on any atom is 0.228 e. The summed E-state index contributed by atoms with van der Waals surface area (Å²) in [5.41, 5.74) is 1.87. The van der Waals surface area contributed by atoms with Gasteiger partial charge in [-0.25, -0.2) is 0 Å². The van der Waals surface area contributed by atoms with E-state index in [1.54, 1.807) is 7.11 Å². The van der Waals surface area contributed by atoms with Gasteiger partial charge in [0.25, 0.3) is 0 Å². The molecule has 0 spiro atoms. The Morgan fingerprint density at radius 3 is 2.95 bits per heavy atom. The number of carbonyl (C=O) groups is 1. The molecule has 4 nitrogen and oxygen atoms in total. The number of benzene rings is 1. The molecule has 2 rings (SSSR count). The van der Waals surface area contributed by atoms with E-state index < -0.39 is 0 Å². The van der Waals surface area contributed by atoms with E-state index >= 15 is 0 Å². The zero-order valence-corrected chi connectivity index (χ0v) is 12.0. The van der Waals surface area contributed by atoms with Crippen LogP contribution in [0.4, 0.5) is 5.69 Å². The maximum absolute atomic E-state index is 12.1. The van der Waals surface area contributed by atoms with Gasteiger partial charge in [0.1, 0.15) is 0 Å². The number of hydrogen-bond donors (Lipinski definition) is 2. The fraction of sp³-hybridized carbons (Fsp3) is 0.500. The second kappa shape index (κ2) is 8.15. The van der Waals surface area contributed by atoms with Gasteiger partial charge in [0.05, 0.1) is 12.5 Å². The number of amides is 1. The highest BCUT2D eigenvalue weighted by molar-refractivity contribution is 5.93. The van der Waals surface area contributed by atoms with Crippen molar-refractivity contribution in [3.8, 4) is 0 Å². The van der Waals surface area contributed by atoms with Crippen LogP contribution >= 0.6 is 12.4 Å². The van der Waals surface area contributed by atoms with E-state index in [9.17, 15) is 4.79 Å². The van der Waals surface area contributed by atoms with Gasteiger partial charge in [-0.1, -0.05) is 18.2 Å². The van der Waals surface area contributed by atoms with E-state index in [0.29, 0.717) is 6.61 Å². The minimum Gasteiger partial charge on any atom is -0.380 e. The molecular weight excluding hydrogens is 264 g/mol. The fourth-order valence-electron chi connectivity index (χ4n) is 2.23. The number of nitrogens with one attached hydrogen (secondary N) is 2. The van der Waals surface area contributed by atoms with E-state index in [0.717, 1.165) is 37.2 Å². The van der Waals surface area contributed by atoms with Crippen LogP contribution in [0.2, 0.25) is 0 Å². The molecule has 1 aromatic rings. The molecule has 1 amide bonds. The standard InChI is InChI=1S/C14H20N2O2.ClH/c1-18-10-12-5-2-3-7-13(12)16-14(17)11-6-4-8-15-9-11;/h2-3,5,7,11,15H,4,6,8-10H2,1H3,(H,16,17);1H. The summed E-state index contributed by atoms with van der Waals surface area (Å²) >= 11 is 0. The van der Waals surface area contributed by atoms with Crippen LogP contribution in [-0.4, -0.2) is 26.1 Å². The monoisotopic (exact) mass is 284 g/mol. The molecule has 1 heterocycles. The van der Waals surface area contributed by atoms with Crippen molar-refractivity contribution in [2.45, 2.75) is 19.4 Å². The topological polar surface area (TPSA) is 50.4 Å². The van der Waals surface area contributed by atoms with Crippen molar-refractivity contribution >= 4 is 24.0 Å². The molecule has 0 bridgehead atoms. The Bertz CT molecular complexity index is 406. The minimum atomic E-state index is 0. The fourth-order valence-corrected chi connectivity index (χ4v) is 2.23. The molecule has 2 N–H and O–H groups in total. The SMILES string of the molecule is COCc1ccccc1NC(=O)C1CCCNC1.Cl. The number of piperidine rings is 1.